The van der Waals surface area contributed by atoms with Crippen LogP contribution in [0, 0.1) is 0 Å². The molecule has 1 aliphatic rings. The quantitative estimate of drug-likeness (QED) is 0.358. The predicted octanol–water partition coefficient (Wildman–Crippen LogP) is 5.15. The van der Waals surface area contributed by atoms with Gasteiger partial charge in [-0.15, -0.1) is 11.3 Å². The smallest absolute Gasteiger partial charge is 0.341 e. The molecule has 0 atom stereocenters. The van der Waals surface area contributed by atoms with Crippen molar-refractivity contribution in [2.45, 2.75) is 64.2 Å². The number of nitrogens with one attached hydrogen (secondary N) is 1. The largest absolute Gasteiger partial charge is 0.465 e. The Labute approximate surface area is 234 Å². The molecule has 10 heteroatoms. The Morgan fingerprint density at radius 2 is 1.72 bits per heavy atom. The highest BCUT2D eigenvalue weighted by atomic mass is 32.2. The summed E-state index contributed by atoms with van der Waals surface area (Å²) >= 11 is 1.39. The van der Waals surface area contributed by atoms with E-state index in [-0.39, 0.29) is 17.5 Å². The lowest BCUT2D eigenvalue weighted by atomic mass is 10.0. The minimum atomic E-state index is -3.80. The summed E-state index contributed by atoms with van der Waals surface area (Å²) in [5.74, 6) is -0.900. The molecule has 0 aliphatic carbocycles. The fourth-order valence-corrected chi connectivity index (χ4v) is 7.55. The first kappa shape index (κ1) is 28.9. The van der Waals surface area contributed by atoms with Gasteiger partial charge in [0.2, 0.25) is 10.0 Å². The first-order valence-electron chi connectivity index (χ1n) is 13.0. The molecule has 208 valence electrons. The number of methoxy groups -OCH3 is 1. The number of hydrogen-bond acceptors (Lipinski definition) is 7. The monoisotopic (exact) mass is 569 g/mol. The van der Waals surface area contributed by atoms with E-state index in [0.717, 1.165) is 22.5 Å². The molecule has 4 rings (SSSR count). The molecule has 1 amide bonds. The van der Waals surface area contributed by atoms with Crippen molar-refractivity contribution in [2.24, 2.45) is 0 Å². The first-order valence-corrected chi connectivity index (χ1v) is 15.2. The number of carbonyl (C=O) groups excluding carboxylic acids is 2. The van der Waals surface area contributed by atoms with E-state index >= 15 is 0 Å². The van der Waals surface area contributed by atoms with E-state index in [9.17, 15) is 18.0 Å². The van der Waals surface area contributed by atoms with Gasteiger partial charge in [-0.1, -0.05) is 30.3 Å². The maximum atomic E-state index is 13.5. The van der Waals surface area contributed by atoms with E-state index in [0.29, 0.717) is 35.1 Å². The predicted molar refractivity (Wildman–Crippen MR) is 154 cm³/mol. The second-order valence-electron chi connectivity index (χ2n) is 10.1. The topological polar surface area (TPSA) is 96.0 Å². The first-order chi connectivity index (χ1) is 18.5. The standard InChI is InChI=1S/C29H35N3O5S2/c1-19(2)31-16-15-24-25(18-31)38-28(26(24)29(34)37-5)30-27(33)22-11-13-23(14-12-22)39(35,36)32(20(3)4)17-21-9-7-6-8-10-21/h6-14,19-20H,15-18H2,1-5H3,(H,30,33). The van der Waals surface area contributed by atoms with Gasteiger partial charge in [0.05, 0.1) is 17.6 Å². The van der Waals surface area contributed by atoms with Crippen LogP contribution in [0.5, 0.6) is 0 Å². The summed E-state index contributed by atoms with van der Waals surface area (Å²) in [6.07, 6.45) is 0.701. The Balaban J connectivity index is 1.56. The number of benzene rings is 2. The summed E-state index contributed by atoms with van der Waals surface area (Å²) in [5, 5.41) is 3.33. The van der Waals surface area contributed by atoms with Crippen molar-refractivity contribution in [3.63, 3.8) is 0 Å². The van der Waals surface area contributed by atoms with Crippen LogP contribution < -0.4 is 5.32 Å². The number of ether oxygens (including phenoxy) is 1. The number of sulfonamides is 1. The zero-order chi connectivity index (χ0) is 28.3. The van der Waals surface area contributed by atoms with Crippen LogP contribution in [0.15, 0.2) is 59.5 Å². The van der Waals surface area contributed by atoms with Crippen molar-refractivity contribution < 1.29 is 22.7 Å². The Morgan fingerprint density at radius 3 is 2.31 bits per heavy atom. The van der Waals surface area contributed by atoms with E-state index in [1.807, 2.05) is 44.2 Å². The van der Waals surface area contributed by atoms with Crippen molar-refractivity contribution in [3.8, 4) is 0 Å². The lowest BCUT2D eigenvalue weighted by Crippen LogP contribution is -2.36. The molecule has 0 saturated carbocycles. The number of carbonyl (C=O) groups is 2. The second kappa shape index (κ2) is 12.0. The number of fused-ring (bicyclic) bond motifs is 1. The molecule has 0 radical (unpaired) electrons. The van der Waals surface area contributed by atoms with Crippen LogP contribution in [-0.2, 0) is 34.3 Å². The molecule has 0 unspecified atom stereocenters. The van der Waals surface area contributed by atoms with E-state index < -0.39 is 21.9 Å². The Morgan fingerprint density at radius 1 is 1.05 bits per heavy atom. The van der Waals surface area contributed by atoms with Gasteiger partial charge in [0.1, 0.15) is 5.00 Å². The van der Waals surface area contributed by atoms with Gasteiger partial charge in [0.25, 0.3) is 5.91 Å². The SMILES string of the molecule is COC(=O)c1c(NC(=O)c2ccc(S(=O)(=O)N(Cc3ccccc3)C(C)C)cc2)sc2c1CCN(C(C)C)C2. The zero-order valence-electron chi connectivity index (χ0n) is 22.9. The Hall–Kier alpha value is -3.05. The lowest BCUT2D eigenvalue weighted by molar-refractivity contribution is 0.0600. The number of thiophene rings is 1. The van der Waals surface area contributed by atoms with Crippen molar-refractivity contribution in [1.29, 1.82) is 0 Å². The minimum absolute atomic E-state index is 0.110. The van der Waals surface area contributed by atoms with E-state index in [4.69, 9.17) is 4.74 Å². The number of anilines is 1. The van der Waals surface area contributed by atoms with Crippen molar-refractivity contribution in [3.05, 3.63) is 81.7 Å². The molecule has 1 aromatic heterocycles. The molecular weight excluding hydrogens is 534 g/mol. The van der Waals surface area contributed by atoms with Crippen LogP contribution in [0.3, 0.4) is 0 Å². The Bertz CT molecular complexity index is 1430. The van der Waals surface area contributed by atoms with Crippen molar-refractivity contribution in [1.82, 2.24) is 9.21 Å². The molecule has 1 aliphatic heterocycles. The average Bonchev–Trinajstić information content (AvgIpc) is 3.28. The van der Waals surface area contributed by atoms with Crippen LogP contribution in [-0.4, -0.2) is 55.2 Å². The van der Waals surface area contributed by atoms with Gasteiger partial charge >= 0.3 is 5.97 Å². The molecular formula is C29H35N3O5S2. The highest BCUT2D eigenvalue weighted by Gasteiger charge is 2.31. The maximum Gasteiger partial charge on any atom is 0.341 e. The molecule has 0 saturated heterocycles. The Kier molecular flexibility index (Phi) is 8.90. The van der Waals surface area contributed by atoms with Crippen LogP contribution in [0.25, 0.3) is 0 Å². The number of amides is 1. The maximum absolute atomic E-state index is 13.5. The molecule has 2 heterocycles. The minimum Gasteiger partial charge on any atom is -0.465 e. The number of hydrogen-bond donors (Lipinski definition) is 1. The van der Waals surface area contributed by atoms with Crippen LogP contribution in [0.1, 0.15) is 64.4 Å². The molecule has 8 nitrogen and oxygen atoms in total. The van der Waals surface area contributed by atoms with Gasteiger partial charge in [-0.05, 0) is 69.5 Å². The molecule has 1 N–H and O–H groups in total. The van der Waals surface area contributed by atoms with Gasteiger partial charge in [-0.3, -0.25) is 9.69 Å². The number of rotatable bonds is 9. The molecule has 0 fully saturated rings. The third kappa shape index (κ3) is 6.24. The normalized spacial score (nSPS) is 14.1. The van der Waals surface area contributed by atoms with Crippen molar-refractivity contribution in [2.75, 3.05) is 19.0 Å². The van der Waals surface area contributed by atoms with Gasteiger partial charge in [0.15, 0.2) is 0 Å². The summed E-state index contributed by atoms with van der Waals surface area (Å²) in [4.78, 5) is 29.3. The summed E-state index contributed by atoms with van der Waals surface area (Å²) in [6.45, 7) is 9.72. The molecule has 0 spiro atoms. The van der Waals surface area contributed by atoms with Crippen LogP contribution >= 0.6 is 11.3 Å². The van der Waals surface area contributed by atoms with E-state index in [1.165, 1.54) is 47.0 Å². The van der Waals surface area contributed by atoms with Crippen molar-refractivity contribution >= 4 is 38.2 Å². The van der Waals surface area contributed by atoms with Gasteiger partial charge in [-0.2, -0.15) is 4.31 Å². The third-order valence-electron chi connectivity index (χ3n) is 6.91. The second-order valence-corrected chi connectivity index (χ2v) is 13.1. The van der Waals surface area contributed by atoms with E-state index in [2.05, 4.69) is 24.1 Å². The fourth-order valence-electron chi connectivity index (χ4n) is 4.67. The highest BCUT2D eigenvalue weighted by Crippen LogP contribution is 2.38. The zero-order valence-corrected chi connectivity index (χ0v) is 24.6. The molecule has 2 aromatic carbocycles. The highest BCUT2D eigenvalue weighted by molar-refractivity contribution is 7.89. The van der Waals surface area contributed by atoms with E-state index in [1.54, 1.807) is 0 Å². The number of esters is 1. The van der Waals surface area contributed by atoms with Gasteiger partial charge < -0.3 is 10.1 Å². The molecule has 3 aromatic rings. The fraction of sp³-hybridized carbons (Fsp3) is 0.379. The van der Waals surface area contributed by atoms with Crippen LogP contribution in [0.2, 0.25) is 0 Å². The lowest BCUT2D eigenvalue weighted by Gasteiger charge is -2.30. The van der Waals surface area contributed by atoms with Gasteiger partial charge in [0, 0.05) is 42.2 Å². The van der Waals surface area contributed by atoms with Crippen LogP contribution in [0.4, 0.5) is 5.00 Å². The third-order valence-corrected chi connectivity index (χ3v) is 10.1. The van der Waals surface area contributed by atoms with Gasteiger partial charge in [-0.25, -0.2) is 13.2 Å². The summed E-state index contributed by atoms with van der Waals surface area (Å²) in [7, 11) is -2.47. The summed E-state index contributed by atoms with van der Waals surface area (Å²) in [6, 6.07) is 15.4. The summed E-state index contributed by atoms with van der Waals surface area (Å²) < 4.78 is 33.4. The number of nitrogens with zero attached hydrogens (tertiary/aromatic N) is 2. The summed E-state index contributed by atoms with van der Waals surface area (Å²) in [5.41, 5.74) is 2.51. The molecule has 39 heavy (non-hydrogen) atoms. The molecule has 0 bridgehead atoms. The average molecular weight is 570 g/mol.